The molecule has 1 amide bonds. The number of nitrogens with one attached hydrogen (secondary N) is 1. The highest BCUT2D eigenvalue weighted by Crippen LogP contribution is 2.13. The van der Waals surface area contributed by atoms with Crippen molar-refractivity contribution in [2.45, 2.75) is 25.3 Å². The van der Waals surface area contributed by atoms with Crippen LogP contribution in [0.3, 0.4) is 0 Å². The lowest BCUT2D eigenvalue weighted by atomic mass is 10.0. The summed E-state index contributed by atoms with van der Waals surface area (Å²) in [4.78, 5) is 14.3. The lowest BCUT2D eigenvalue weighted by Gasteiger charge is -2.31. The highest BCUT2D eigenvalue weighted by molar-refractivity contribution is 5.85. The molecular weight excluding hydrogens is 316 g/mol. The molecule has 0 saturated carbocycles. The van der Waals surface area contributed by atoms with E-state index in [4.69, 9.17) is 0 Å². The maximum atomic E-state index is 12.4. The van der Waals surface area contributed by atoms with Crippen molar-refractivity contribution in [2.75, 3.05) is 20.1 Å². The quantitative estimate of drug-likeness (QED) is 0.895. The molecule has 1 aliphatic rings. The van der Waals surface area contributed by atoms with Gasteiger partial charge in [0.15, 0.2) is 0 Å². The lowest BCUT2D eigenvalue weighted by molar-refractivity contribution is -0.131. The van der Waals surface area contributed by atoms with Crippen molar-refractivity contribution in [1.82, 2.24) is 30.4 Å². The third-order valence-corrected chi connectivity index (χ3v) is 4.16. The number of halogens is 1. The first-order chi connectivity index (χ1) is 10.7. The average Bonchev–Trinajstić information content (AvgIpc) is 3.10. The summed E-state index contributed by atoms with van der Waals surface area (Å²) in [7, 11) is 1.91. The highest BCUT2D eigenvalue weighted by atomic mass is 35.5. The number of hydrogen-bond acceptors (Lipinski definition) is 5. The first-order valence-corrected chi connectivity index (χ1v) is 7.53. The van der Waals surface area contributed by atoms with Crippen LogP contribution in [0.5, 0.6) is 0 Å². The molecule has 2 aromatic rings. The van der Waals surface area contributed by atoms with E-state index in [1.54, 1.807) is 11.0 Å². The van der Waals surface area contributed by atoms with Crippen molar-refractivity contribution in [3.8, 4) is 5.69 Å². The summed E-state index contributed by atoms with van der Waals surface area (Å²) in [5, 5.41) is 14.4. The molecule has 0 aliphatic carbocycles. The van der Waals surface area contributed by atoms with Gasteiger partial charge in [0.1, 0.15) is 6.33 Å². The van der Waals surface area contributed by atoms with Crippen molar-refractivity contribution >= 4 is 18.3 Å². The minimum absolute atomic E-state index is 0. The summed E-state index contributed by atoms with van der Waals surface area (Å²) in [5.74, 6) is 0.169. The summed E-state index contributed by atoms with van der Waals surface area (Å²) in [6, 6.07) is 8.10. The van der Waals surface area contributed by atoms with Crippen LogP contribution in [0, 0.1) is 0 Å². The van der Waals surface area contributed by atoms with Crippen LogP contribution in [0.2, 0.25) is 0 Å². The number of piperidine rings is 1. The molecule has 8 heteroatoms. The van der Waals surface area contributed by atoms with Gasteiger partial charge in [-0.15, -0.1) is 17.5 Å². The van der Waals surface area contributed by atoms with Crippen LogP contribution >= 0.6 is 12.4 Å². The minimum Gasteiger partial charge on any atom is -0.342 e. The molecule has 0 unspecified atom stereocenters. The van der Waals surface area contributed by atoms with Gasteiger partial charge in [0.2, 0.25) is 5.91 Å². The van der Waals surface area contributed by atoms with E-state index in [9.17, 15) is 4.79 Å². The fourth-order valence-corrected chi connectivity index (χ4v) is 2.74. The first-order valence-electron chi connectivity index (χ1n) is 7.53. The van der Waals surface area contributed by atoms with Crippen LogP contribution in [0.15, 0.2) is 30.6 Å². The van der Waals surface area contributed by atoms with Gasteiger partial charge < -0.3 is 10.2 Å². The molecule has 0 spiro atoms. The molecule has 0 radical (unpaired) electrons. The molecule has 1 aliphatic heterocycles. The molecule has 3 rings (SSSR count). The number of nitrogens with zero attached hydrogens (tertiary/aromatic N) is 5. The number of carbonyl (C=O) groups is 1. The van der Waals surface area contributed by atoms with Gasteiger partial charge in [-0.25, -0.2) is 4.68 Å². The van der Waals surface area contributed by atoms with E-state index in [-0.39, 0.29) is 18.3 Å². The Morgan fingerprint density at radius 2 is 2.00 bits per heavy atom. The largest absolute Gasteiger partial charge is 0.342 e. The molecule has 0 atom stereocenters. The van der Waals surface area contributed by atoms with Crippen LogP contribution < -0.4 is 5.32 Å². The Labute approximate surface area is 141 Å². The number of tetrazole rings is 1. The molecule has 7 nitrogen and oxygen atoms in total. The van der Waals surface area contributed by atoms with Crippen LogP contribution in [-0.2, 0) is 11.2 Å². The number of amides is 1. The lowest BCUT2D eigenvalue weighted by Crippen LogP contribution is -2.44. The number of rotatable bonds is 4. The molecule has 124 valence electrons. The van der Waals surface area contributed by atoms with Crippen LogP contribution in [0.4, 0.5) is 0 Å². The Hall–Kier alpha value is -1.99. The molecule has 2 heterocycles. The average molecular weight is 337 g/mol. The second-order valence-electron chi connectivity index (χ2n) is 5.58. The van der Waals surface area contributed by atoms with Gasteiger partial charge in [0.05, 0.1) is 12.1 Å². The van der Waals surface area contributed by atoms with Gasteiger partial charge in [0.25, 0.3) is 0 Å². The van der Waals surface area contributed by atoms with E-state index < -0.39 is 0 Å². The Morgan fingerprint density at radius 1 is 1.30 bits per heavy atom. The Kier molecular flexibility index (Phi) is 6.06. The summed E-state index contributed by atoms with van der Waals surface area (Å²) in [6.45, 7) is 1.98. The Morgan fingerprint density at radius 3 is 2.61 bits per heavy atom. The molecule has 1 aromatic carbocycles. The zero-order valence-electron chi connectivity index (χ0n) is 13.1. The zero-order valence-corrected chi connectivity index (χ0v) is 13.9. The maximum absolute atomic E-state index is 12.4. The number of benzene rings is 1. The van der Waals surface area contributed by atoms with Gasteiger partial charge in [-0.05, 0) is 54.1 Å². The fourth-order valence-electron chi connectivity index (χ4n) is 2.74. The molecule has 0 bridgehead atoms. The molecular formula is C15H21ClN6O. The predicted octanol–water partition coefficient (Wildman–Crippen LogP) is 0.837. The summed E-state index contributed by atoms with van der Waals surface area (Å²) in [6.07, 6.45) is 4.03. The van der Waals surface area contributed by atoms with Crippen molar-refractivity contribution in [3.05, 3.63) is 36.2 Å². The molecule has 1 aromatic heterocycles. The fraction of sp³-hybridized carbons (Fsp3) is 0.467. The van der Waals surface area contributed by atoms with Gasteiger partial charge in [0, 0.05) is 13.1 Å². The zero-order chi connectivity index (χ0) is 15.4. The van der Waals surface area contributed by atoms with Gasteiger partial charge in [-0.1, -0.05) is 12.1 Å². The maximum Gasteiger partial charge on any atom is 0.226 e. The minimum atomic E-state index is 0. The highest BCUT2D eigenvalue weighted by Gasteiger charge is 2.21. The second-order valence-corrected chi connectivity index (χ2v) is 5.58. The van der Waals surface area contributed by atoms with E-state index in [1.165, 1.54) is 0 Å². The third-order valence-electron chi connectivity index (χ3n) is 4.16. The predicted molar refractivity (Wildman–Crippen MR) is 88.8 cm³/mol. The smallest absolute Gasteiger partial charge is 0.226 e. The first kappa shape index (κ1) is 17.4. The SMILES string of the molecule is CN(C(=O)Cc1ccc(-n2cnnn2)cc1)C1CCNCC1.Cl. The summed E-state index contributed by atoms with van der Waals surface area (Å²) in [5.41, 5.74) is 1.88. The number of likely N-dealkylation sites (N-methyl/N-ethyl adjacent to an activating group) is 1. The van der Waals surface area contributed by atoms with E-state index in [1.807, 2.05) is 36.2 Å². The molecule has 1 fully saturated rings. The van der Waals surface area contributed by atoms with Gasteiger partial charge >= 0.3 is 0 Å². The van der Waals surface area contributed by atoms with Crippen molar-refractivity contribution in [2.24, 2.45) is 0 Å². The Bertz CT molecular complexity index is 609. The van der Waals surface area contributed by atoms with Crippen molar-refractivity contribution in [1.29, 1.82) is 0 Å². The number of aromatic nitrogens is 4. The summed E-state index contributed by atoms with van der Waals surface area (Å²) < 4.78 is 1.59. The molecule has 23 heavy (non-hydrogen) atoms. The van der Waals surface area contributed by atoms with Crippen molar-refractivity contribution < 1.29 is 4.79 Å². The van der Waals surface area contributed by atoms with Crippen molar-refractivity contribution in [3.63, 3.8) is 0 Å². The normalized spacial score (nSPS) is 15.0. The summed E-state index contributed by atoms with van der Waals surface area (Å²) >= 11 is 0. The third kappa shape index (κ3) is 4.27. The Balaban J connectivity index is 0.00000192. The molecule has 1 N–H and O–H groups in total. The standard InChI is InChI=1S/C15H20N6O.ClH/c1-20(13-6-8-16-9-7-13)15(22)10-12-2-4-14(5-3-12)21-11-17-18-19-21;/h2-5,11,13,16H,6-10H2,1H3;1H. The second kappa shape index (κ2) is 8.03. The number of carbonyl (C=O) groups excluding carboxylic acids is 1. The van der Waals surface area contributed by atoms with Crippen LogP contribution in [0.1, 0.15) is 18.4 Å². The molecule has 1 saturated heterocycles. The van der Waals surface area contributed by atoms with E-state index in [2.05, 4.69) is 20.8 Å². The van der Waals surface area contributed by atoms with Gasteiger partial charge in [-0.2, -0.15) is 0 Å². The number of hydrogen-bond donors (Lipinski definition) is 1. The van der Waals surface area contributed by atoms with E-state index >= 15 is 0 Å². The van der Waals surface area contributed by atoms with E-state index in [0.717, 1.165) is 37.2 Å². The van der Waals surface area contributed by atoms with Gasteiger partial charge in [-0.3, -0.25) is 4.79 Å². The monoisotopic (exact) mass is 336 g/mol. The van der Waals surface area contributed by atoms with E-state index in [0.29, 0.717) is 12.5 Å². The van der Waals surface area contributed by atoms with Crippen LogP contribution in [-0.4, -0.2) is 57.2 Å². The van der Waals surface area contributed by atoms with Crippen LogP contribution in [0.25, 0.3) is 5.69 Å². The topological polar surface area (TPSA) is 75.9 Å².